The van der Waals surface area contributed by atoms with Crippen LogP contribution in [0.25, 0.3) is 0 Å². The molecule has 2 saturated heterocycles. The van der Waals surface area contributed by atoms with Gasteiger partial charge < -0.3 is 14.7 Å². The van der Waals surface area contributed by atoms with Crippen molar-refractivity contribution in [3.05, 3.63) is 22.8 Å². The summed E-state index contributed by atoms with van der Waals surface area (Å²) in [4.78, 5) is 34.5. The Hall–Kier alpha value is -2.03. The van der Waals surface area contributed by atoms with Gasteiger partial charge in [0.25, 0.3) is 0 Å². The Morgan fingerprint density at radius 1 is 1.13 bits per heavy atom. The first-order valence-electron chi connectivity index (χ1n) is 10.1. The number of likely N-dealkylation sites (tertiary alicyclic amines) is 1. The number of hydrogen-bond donors (Lipinski definition) is 0. The van der Waals surface area contributed by atoms with E-state index in [2.05, 4.69) is 4.98 Å². The van der Waals surface area contributed by atoms with E-state index in [0.717, 1.165) is 25.1 Å². The Morgan fingerprint density at radius 2 is 1.80 bits per heavy atom. The van der Waals surface area contributed by atoms with Crippen molar-refractivity contribution in [2.24, 2.45) is 11.8 Å². The Balaban J connectivity index is 1.59. The Labute approximate surface area is 179 Å². The first kappa shape index (κ1) is 22.7. The number of hydrogen-bond acceptors (Lipinski definition) is 4. The fourth-order valence-corrected chi connectivity index (χ4v) is 4.25. The first-order chi connectivity index (χ1) is 14.1. The van der Waals surface area contributed by atoms with E-state index in [1.54, 1.807) is 14.7 Å². The molecule has 10 heteroatoms. The number of piperidine rings is 1. The SMILES string of the molecule is CC(C)C(=O)N1CCC[C@@H](C(=O)N2CCN(c3ncc(C(F)(F)F)cc3Cl)CC2)C1. The predicted octanol–water partition coefficient (Wildman–Crippen LogP) is 3.30. The minimum atomic E-state index is -4.49. The van der Waals surface area contributed by atoms with Gasteiger partial charge in [-0.25, -0.2) is 4.98 Å². The van der Waals surface area contributed by atoms with Crippen LogP contribution in [0.4, 0.5) is 19.0 Å². The Morgan fingerprint density at radius 3 is 2.37 bits per heavy atom. The van der Waals surface area contributed by atoms with Gasteiger partial charge in [-0.05, 0) is 18.9 Å². The fourth-order valence-electron chi connectivity index (χ4n) is 3.96. The number of carbonyl (C=O) groups is 2. The number of anilines is 1. The van der Waals surface area contributed by atoms with E-state index in [4.69, 9.17) is 11.6 Å². The molecule has 0 bridgehead atoms. The van der Waals surface area contributed by atoms with Gasteiger partial charge >= 0.3 is 6.18 Å². The molecular formula is C20H26ClF3N4O2. The zero-order valence-electron chi connectivity index (χ0n) is 17.1. The lowest BCUT2D eigenvalue weighted by molar-refractivity contribution is -0.142. The highest BCUT2D eigenvalue weighted by Gasteiger charge is 2.35. The number of nitrogens with zero attached hydrogens (tertiary/aromatic N) is 4. The normalized spacial score (nSPS) is 20.6. The molecular weight excluding hydrogens is 421 g/mol. The molecule has 2 aliphatic heterocycles. The van der Waals surface area contributed by atoms with Gasteiger partial charge in [-0.3, -0.25) is 9.59 Å². The molecule has 1 aromatic rings. The summed E-state index contributed by atoms with van der Waals surface area (Å²) in [5, 5.41) is -0.0558. The monoisotopic (exact) mass is 446 g/mol. The second-order valence-corrected chi connectivity index (χ2v) is 8.52. The van der Waals surface area contributed by atoms with Gasteiger partial charge in [0.1, 0.15) is 5.82 Å². The molecule has 30 heavy (non-hydrogen) atoms. The van der Waals surface area contributed by atoms with Crippen LogP contribution in [-0.4, -0.2) is 65.9 Å². The molecule has 2 aliphatic rings. The summed E-state index contributed by atoms with van der Waals surface area (Å²) in [6.45, 7) is 6.59. The second-order valence-electron chi connectivity index (χ2n) is 8.12. The van der Waals surface area contributed by atoms with E-state index in [9.17, 15) is 22.8 Å². The summed E-state index contributed by atoms with van der Waals surface area (Å²) in [6.07, 6.45) is -2.15. The van der Waals surface area contributed by atoms with Gasteiger partial charge in [0.15, 0.2) is 0 Å². The quantitative estimate of drug-likeness (QED) is 0.715. The van der Waals surface area contributed by atoms with Gasteiger partial charge in [0.2, 0.25) is 11.8 Å². The number of amides is 2. The van der Waals surface area contributed by atoms with Crippen LogP contribution in [0.15, 0.2) is 12.3 Å². The van der Waals surface area contributed by atoms with Crippen LogP contribution in [0.5, 0.6) is 0 Å². The molecule has 0 radical (unpaired) electrons. The van der Waals surface area contributed by atoms with E-state index in [0.29, 0.717) is 45.1 Å². The van der Waals surface area contributed by atoms with Gasteiger partial charge in [-0.2, -0.15) is 13.2 Å². The smallest absolute Gasteiger partial charge is 0.352 e. The van der Waals surface area contributed by atoms with Crippen molar-refractivity contribution >= 4 is 29.2 Å². The van der Waals surface area contributed by atoms with Crippen molar-refractivity contribution in [1.29, 1.82) is 0 Å². The number of pyridine rings is 1. The van der Waals surface area contributed by atoms with E-state index < -0.39 is 11.7 Å². The molecule has 0 unspecified atom stereocenters. The van der Waals surface area contributed by atoms with E-state index >= 15 is 0 Å². The number of rotatable bonds is 3. The van der Waals surface area contributed by atoms with Gasteiger partial charge in [0, 0.05) is 51.4 Å². The highest BCUT2D eigenvalue weighted by molar-refractivity contribution is 6.33. The summed E-state index contributed by atoms with van der Waals surface area (Å²) in [7, 11) is 0. The molecule has 1 aromatic heterocycles. The molecule has 2 fully saturated rings. The summed E-state index contributed by atoms with van der Waals surface area (Å²) >= 11 is 6.04. The topological polar surface area (TPSA) is 56.8 Å². The fraction of sp³-hybridized carbons (Fsp3) is 0.650. The molecule has 3 heterocycles. The van der Waals surface area contributed by atoms with Crippen molar-refractivity contribution in [1.82, 2.24) is 14.8 Å². The van der Waals surface area contributed by atoms with Gasteiger partial charge in [-0.1, -0.05) is 25.4 Å². The number of piperazine rings is 1. The van der Waals surface area contributed by atoms with Gasteiger partial charge in [-0.15, -0.1) is 0 Å². The average Bonchev–Trinajstić information content (AvgIpc) is 2.72. The van der Waals surface area contributed by atoms with Crippen molar-refractivity contribution in [3.63, 3.8) is 0 Å². The molecule has 0 spiro atoms. The number of halogens is 4. The summed E-state index contributed by atoms with van der Waals surface area (Å²) in [5.74, 6) is 0.0926. The predicted molar refractivity (Wildman–Crippen MR) is 107 cm³/mol. The minimum absolute atomic E-state index is 0.0300. The third-order valence-electron chi connectivity index (χ3n) is 5.62. The zero-order chi connectivity index (χ0) is 22.1. The van der Waals surface area contributed by atoms with Gasteiger partial charge in [0.05, 0.1) is 16.5 Å². The lowest BCUT2D eigenvalue weighted by atomic mass is 9.95. The average molecular weight is 447 g/mol. The van der Waals surface area contributed by atoms with Crippen LogP contribution in [0, 0.1) is 11.8 Å². The van der Waals surface area contributed by atoms with Crippen molar-refractivity contribution in [3.8, 4) is 0 Å². The zero-order valence-corrected chi connectivity index (χ0v) is 17.8. The Bertz CT molecular complexity index is 795. The van der Waals surface area contributed by atoms with Crippen molar-refractivity contribution in [2.45, 2.75) is 32.9 Å². The lowest BCUT2D eigenvalue weighted by Gasteiger charge is -2.39. The van der Waals surface area contributed by atoms with E-state index in [1.807, 2.05) is 13.8 Å². The Kier molecular flexibility index (Phi) is 6.79. The lowest BCUT2D eigenvalue weighted by Crippen LogP contribution is -2.53. The summed E-state index contributed by atoms with van der Waals surface area (Å²) in [5.41, 5.74) is -0.886. The van der Waals surface area contributed by atoms with Crippen LogP contribution >= 0.6 is 11.6 Å². The maximum absolute atomic E-state index is 13.0. The summed E-state index contributed by atoms with van der Waals surface area (Å²) in [6, 6.07) is 0.879. The highest BCUT2D eigenvalue weighted by atomic mass is 35.5. The maximum Gasteiger partial charge on any atom is 0.417 e. The van der Waals surface area contributed by atoms with Crippen LogP contribution in [0.3, 0.4) is 0 Å². The molecule has 166 valence electrons. The summed E-state index contributed by atoms with van der Waals surface area (Å²) < 4.78 is 38.4. The molecule has 1 atom stereocenters. The van der Waals surface area contributed by atoms with Crippen LogP contribution in [0.1, 0.15) is 32.3 Å². The van der Waals surface area contributed by atoms with Crippen LogP contribution < -0.4 is 4.90 Å². The third-order valence-corrected chi connectivity index (χ3v) is 5.89. The van der Waals surface area contributed by atoms with E-state index in [-0.39, 0.29) is 28.7 Å². The first-order valence-corrected chi connectivity index (χ1v) is 10.5. The third kappa shape index (κ3) is 4.99. The molecule has 0 N–H and O–H groups in total. The molecule has 3 rings (SSSR count). The number of aromatic nitrogens is 1. The molecule has 0 aromatic carbocycles. The van der Waals surface area contributed by atoms with Crippen molar-refractivity contribution in [2.75, 3.05) is 44.2 Å². The highest BCUT2D eigenvalue weighted by Crippen LogP contribution is 2.34. The number of carbonyl (C=O) groups excluding carboxylic acids is 2. The van der Waals surface area contributed by atoms with Crippen molar-refractivity contribution < 1.29 is 22.8 Å². The number of alkyl halides is 3. The second kappa shape index (κ2) is 8.99. The molecule has 2 amide bonds. The maximum atomic E-state index is 13.0. The molecule has 0 aliphatic carbocycles. The van der Waals surface area contributed by atoms with Crippen LogP contribution in [0.2, 0.25) is 5.02 Å². The van der Waals surface area contributed by atoms with E-state index in [1.165, 1.54) is 0 Å². The largest absolute Gasteiger partial charge is 0.417 e. The minimum Gasteiger partial charge on any atom is -0.352 e. The molecule has 0 saturated carbocycles. The molecule has 6 nitrogen and oxygen atoms in total. The standard InChI is InChI=1S/C20H26ClF3N4O2/c1-13(2)18(29)28-5-3-4-14(12-28)19(30)27-8-6-26(7-9-27)17-16(21)10-15(11-25-17)20(22,23)24/h10-11,13-14H,3-9,12H2,1-2H3/t14-/m1/s1. The van der Waals surface area contributed by atoms with Crippen LogP contribution in [-0.2, 0) is 15.8 Å².